The van der Waals surface area contributed by atoms with Crippen molar-refractivity contribution >= 4 is 0 Å². The third-order valence-electron chi connectivity index (χ3n) is 6.29. The summed E-state index contributed by atoms with van der Waals surface area (Å²) in [6.45, 7) is 3.43. The van der Waals surface area contributed by atoms with Crippen LogP contribution in [0.3, 0.4) is 0 Å². The summed E-state index contributed by atoms with van der Waals surface area (Å²) in [4.78, 5) is 2.23. The number of hydrogen-bond acceptors (Lipinski definition) is 4. The van der Waals surface area contributed by atoms with Gasteiger partial charge in [0.1, 0.15) is 13.2 Å². The Bertz CT molecular complexity index is 699. The van der Waals surface area contributed by atoms with Crippen molar-refractivity contribution in [1.82, 2.24) is 20.0 Å². The zero-order valence-corrected chi connectivity index (χ0v) is 19.6. The Labute approximate surface area is 187 Å². The molecule has 0 unspecified atom stereocenters. The van der Waals surface area contributed by atoms with Gasteiger partial charge in [0.15, 0.2) is 0 Å². The highest BCUT2D eigenvalue weighted by atomic mass is 19.4. The maximum atomic E-state index is 13.9. The van der Waals surface area contributed by atoms with Gasteiger partial charge in [-0.05, 0) is 51.6 Å². The smallest absolute Gasteiger partial charge is 0.375 e. The number of aromatic nitrogens is 2. The zero-order chi connectivity index (χ0) is 23.9. The van der Waals surface area contributed by atoms with Gasteiger partial charge < -0.3 is 10.1 Å². The number of ether oxygens (including phenoxy) is 1. The van der Waals surface area contributed by atoms with Crippen molar-refractivity contribution in [1.29, 1.82) is 0 Å². The van der Waals surface area contributed by atoms with Crippen LogP contribution in [0.15, 0.2) is 0 Å². The number of nitrogens with zero attached hydrogens (tertiary/aromatic N) is 3. The van der Waals surface area contributed by atoms with Gasteiger partial charge in [0.2, 0.25) is 0 Å². The van der Waals surface area contributed by atoms with Crippen molar-refractivity contribution in [3.63, 3.8) is 0 Å². The van der Waals surface area contributed by atoms with E-state index in [4.69, 9.17) is 0 Å². The molecule has 0 saturated heterocycles. The molecule has 0 bridgehead atoms. The SMILES string of the molecule is CCC1CCC(c2c(CN(C)CCNC)nn3c2CC(F)(F)C3)CC1.COCC(F)(F)F. The van der Waals surface area contributed by atoms with Crippen LogP contribution in [0, 0.1) is 5.92 Å². The van der Waals surface area contributed by atoms with Crippen LogP contribution in [0.5, 0.6) is 0 Å². The highest BCUT2D eigenvalue weighted by Gasteiger charge is 2.42. The summed E-state index contributed by atoms with van der Waals surface area (Å²) in [5, 5.41) is 7.78. The minimum absolute atomic E-state index is 0.136. The van der Waals surface area contributed by atoms with Crippen LogP contribution < -0.4 is 5.32 Å². The van der Waals surface area contributed by atoms with E-state index in [1.165, 1.54) is 19.3 Å². The number of alkyl halides is 5. The predicted octanol–water partition coefficient (Wildman–Crippen LogP) is 4.60. The average Bonchev–Trinajstić information content (AvgIpc) is 3.16. The molecule has 1 saturated carbocycles. The van der Waals surface area contributed by atoms with Gasteiger partial charge in [-0.3, -0.25) is 9.58 Å². The van der Waals surface area contributed by atoms with Crippen LogP contribution in [-0.4, -0.2) is 67.7 Å². The molecule has 32 heavy (non-hydrogen) atoms. The number of rotatable bonds is 8. The van der Waals surface area contributed by atoms with Crippen LogP contribution in [0.25, 0.3) is 0 Å². The minimum atomic E-state index is -4.17. The largest absolute Gasteiger partial charge is 0.411 e. The quantitative estimate of drug-likeness (QED) is 0.566. The van der Waals surface area contributed by atoms with Crippen LogP contribution in [-0.2, 0) is 24.2 Å². The summed E-state index contributed by atoms with van der Waals surface area (Å²) in [6, 6.07) is 0. The first-order valence-corrected chi connectivity index (χ1v) is 11.3. The molecule has 0 radical (unpaired) electrons. The molecule has 1 aliphatic carbocycles. The Kier molecular flexibility index (Phi) is 9.90. The molecule has 2 heterocycles. The highest BCUT2D eigenvalue weighted by Crippen LogP contribution is 2.43. The summed E-state index contributed by atoms with van der Waals surface area (Å²) in [7, 11) is 5.03. The van der Waals surface area contributed by atoms with E-state index >= 15 is 0 Å². The standard InChI is InChI=1S/C19H32F2N4.C3H5F3O/c1-4-14-5-7-15(8-6-14)18-16(12-24(3)10-9-22-2)23-25-13-19(20,21)11-17(18)25;1-7-2-3(4,5)6/h14-15,22H,4-13H2,1-3H3;2H2,1H3. The van der Waals surface area contributed by atoms with Crippen LogP contribution in [0.2, 0.25) is 0 Å². The fraction of sp³-hybridized carbons (Fsp3) is 0.864. The second kappa shape index (κ2) is 11.7. The predicted molar refractivity (Wildman–Crippen MR) is 114 cm³/mol. The normalized spacial score (nSPS) is 22.6. The average molecular weight is 469 g/mol. The van der Waals surface area contributed by atoms with E-state index < -0.39 is 18.7 Å². The van der Waals surface area contributed by atoms with E-state index in [0.717, 1.165) is 62.5 Å². The van der Waals surface area contributed by atoms with Gasteiger partial charge >= 0.3 is 6.18 Å². The van der Waals surface area contributed by atoms with Gasteiger partial charge in [0, 0.05) is 38.0 Å². The van der Waals surface area contributed by atoms with E-state index in [9.17, 15) is 22.0 Å². The van der Waals surface area contributed by atoms with Crippen molar-refractivity contribution in [3.8, 4) is 0 Å². The number of nitrogens with one attached hydrogen (secondary N) is 1. The monoisotopic (exact) mass is 468 g/mol. The van der Waals surface area contributed by atoms with E-state index in [1.807, 2.05) is 7.05 Å². The lowest BCUT2D eigenvalue weighted by molar-refractivity contribution is -0.167. The molecule has 0 spiro atoms. The molecular weight excluding hydrogens is 431 g/mol. The maximum Gasteiger partial charge on any atom is 0.411 e. The lowest BCUT2D eigenvalue weighted by Gasteiger charge is -2.29. The van der Waals surface area contributed by atoms with Gasteiger partial charge in [0.05, 0.1) is 12.1 Å². The van der Waals surface area contributed by atoms with E-state index in [2.05, 4.69) is 34.0 Å². The third kappa shape index (κ3) is 7.95. The molecule has 5 nitrogen and oxygen atoms in total. The highest BCUT2D eigenvalue weighted by molar-refractivity contribution is 5.34. The summed E-state index contributed by atoms with van der Waals surface area (Å²) in [6.07, 6.45) is 1.61. The molecule has 1 aromatic heterocycles. The molecule has 0 atom stereocenters. The van der Waals surface area contributed by atoms with Crippen LogP contribution >= 0.6 is 0 Å². The Morgan fingerprint density at radius 1 is 1.22 bits per heavy atom. The fourth-order valence-electron chi connectivity index (χ4n) is 4.65. The Balaban J connectivity index is 0.000000451. The van der Waals surface area contributed by atoms with Crippen LogP contribution in [0.1, 0.15) is 61.9 Å². The summed E-state index contributed by atoms with van der Waals surface area (Å²) >= 11 is 0. The first kappa shape index (κ1) is 27.0. The van der Waals surface area contributed by atoms with Crippen molar-refractivity contribution in [2.45, 2.75) is 76.6 Å². The number of fused-ring (bicyclic) bond motifs is 1. The lowest BCUT2D eigenvalue weighted by Crippen LogP contribution is -2.28. The van der Waals surface area contributed by atoms with Crippen molar-refractivity contribution in [2.24, 2.45) is 5.92 Å². The lowest BCUT2D eigenvalue weighted by atomic mass is 9.77. The molecule has 0 amide bonds. The molecule has 10 heteroatoms. The van der Waals surface area contributed by atoms with E-state index in [1.54, 1.807) is 4.68 Å². The van der Waals surface area contributed by atoms with Gasteiger partial charge in [-0.25, -0.2) is 8.78 Å². The Hall–Kier alpha value is -1.26. The zero-order valence-electron chi connectivity index (χ0n) is 19.6. The molecule has 1 aromatic rings. The molecule has 0 aromatic carbocycles. The van der Waals surface area contributed by atoms with Gasteiger partial charge in [-0.15, -0.1) is 0 Å². The summed E-state index contributed by atoms with van der Waals surface area (Å²) in [5.74, 6) is -1.41. The molecule has 3 rings (SSSR count). The summed E-state index contributed by atoms with van der Waals surface area (Å²) in [5.41, 5.74) is 2.99. The van der Waals surface area contributed by atoms with Gasteiger partial charge in [0.25, 0.3) is 5.92 Å². The molecule has 1 aliphatic heterocycles. The third-order valence-corrected chi connectivity index (χ3v) is 6.29. The van der Waals surface area contributed by atoms with E-state index in [-0.39, 0.29) is 13.0 Å². The van der Waals surface area contributed by atoms with Gasteiger partial charge in [-0.1, -0.05) is 13.3 Å². The molecule has 186 valence electrons. The fourth-order valence-corrected chi connectivity index (χ4v) is 4.65. The first-order chi connectivity index (χ1) is 15.0. The first-order valence-electron chi connectivity index (χ1n) is 11.3. The van der Waals surface area contributed by atoms with Crippen LogP contribution in [0.4, 0.5) is 22.0 Å². The van der Waals surface area contributed by atoms with Crippen molar-refractivity contribution in [3.05, 3.63) is 17.0 Å². The van der Waals surface area contributed by atoms with Gasteiger partial charge in [-0.2, -0.15) is 18.3 Å². The topological polar surface area (TPSA) is 42.3 Å². The molecular formula is C22H37F5N4O. The van der Waals surface area contributed by atoms with E-state index in [0.29, 0.717) is 5.92 Å². The number of hydrogen-bond donors (Lipinski definition) is 1. The Morgan fingerprint density at radius 2 is 1.88 bits per heavy atom. The number of halogens is 5. The molecule has 1 N–H and O–H groups in total. The molecule has 1 fully saturated rings. The maximum absolute atomic E-state index is 13.9. The van der Waals surface area contributed by atoms with Crippen molar-refractivity contribution in [2.75, 3.05) is 40.9 Å². The number of likely N-dealkylation sites (N-methyl/N-ethyl adjacent to an activating group) is 2. The minimum Gasteiger partial charge on any atom is -0.375 e. The second-order valence-corrected chi connectivity index (χ2v) is 9.01. The summed E-state index contributed by atoms with van der Waals surface area (Å²) < 4.78 is 66.0. The number of methoxy groups -OCH3 is 1. The molecule has 2 aliphatic rings. The Morgan fingerprint density at radius 3 is 2.38 bits per heavy atom. The second-order valence-electron chi connectivity index (χ2n) is 9.01. The van der Waals surface area contributed by atoms with Crippen molar-refractivity contribution < 1.29 is 26.7 Å².